The Kier molecular flexibility index (Phi) is 6.25. The van der Waals surface area contributed by atoms with E-state index in [9.17, 15) is 4.79 Å². The van der Waals surface area contributed by atoms with E-state index >= 15 is 0 Å². The van der Waals surface area contributed by atoms with Gasteiger partial charge >= 0.3 is 0 Å². The SMILES string of the molecule is CC(C)NCCCC(=O)NCc1ccncc1. The first kappa shape index (κ1) is 13.6. The smallest absolute Gasteiger partial charge is 0.220 e. The molecule has 1 aromatic heterocycles. The van der Waals surface area contributed by atoms with Crippen molar-refractivity contribution in [1.29, 1.82) is 0 Å². The van der Waals surface area contributed by atoms with Gasteiger partial charge in [-0.05, 0) is 30.7 Å². The molecule has 0 aliphatic rings. The highest BCUT2D eigenvalue weighted by molar-refractivity contribution is 5.75. The summed E-state index contributed by atoms with van der Waals surface area (Å²) in [5.41, 5.74) is 1.08. The van der Waals surface area contributed by atoms with E-state index in [0.29, 0.717) is 19.0 Å². The van der Waals surface area contributed by atoms with E-state index in [2.05, 4.69) is 29.5 Å². The van der Waals surface area contributed by atoms with Crippen molar-refractivity contribution in [2.75, 3.05) is 6.54 Å². The first-order valence-electron chi connectivity index (χ1n) is 6.07. The number of rotatable bonds is 7. The predicted octanol–water partition coefficient (Wildman–Crippen LogP) is 1.48. The zero-order valence-electron chi connectivity index (χ0n) is 10.6. The predicted molar refractivity (Wildman–Crippen MR) is 68.5 cm³/mol. The van der Waals surface area contributed by atoms with Gasteiger partial charge < -0.3 is 10.6 Å². The van der Waals surface area contributed by atoms with Crippen LogP contribution >= 0.6 is 0 Å². The summed E-state index contributed by atoms with van der Waals surface area (Å²) >= 11 is 0. The maximum Gasteiger partial charge on any atom is 0.220 e. The number of pyridine rings is 1. The highest BCUT2D eigenvalue weighted by Crippen LogP contribution is 1.96. The number of carbonyl (C=O) groups is 1. The number of hydrogen-bond acceptors (Lipinski definition) is 3. The number of nitrogens with one attached hydrogen (secondary N) is 2. The Balaban J connectivity index is 2.09. The minimum Gasteiger partial charge on any atom is -0.352 e. The van der Waals surface area contributed by atoms with Gasteiger partial charge in [-0.15, -0.1) is 0 Å². The fraction of sp³-hybridized carbons (Fsp3) is 0.538. The van der Waals surface area contributed by atoms with Crippen molar-refractivity contribution < 1.29 is 4.79 Å². The quantitative estimate of drug-likeness (QED) is 0.704. The highest BCUT2D eigenvalue weighted by atomic mass is 16.1. The average Bonchev–Trinajstić information content (AvgIpc) is 2.33. The first-order valence-corrected chi connectivity index (χ1v) is 6.07. The van der Waals surface area contributed by atoms with E-state index in [1.165, 1.54) is 0 Å². The summed E-state index contributed by atoms with van der Waals surface area (Å²) in [5, 5.41) is 6.18. The van der Waals surface area contributed by atoms with Crippen LogP contribution in [0.25, 0.3) is 0 Å². The molecule has 0 unspecified atom stereocenters. The van der Waals surface area contributed by atoms with Crippen LogP contribution in [0.3, 0.4) is 0 Å². The highest BCUT2D eigenvalue weighted by Gasteiger charge is 2.01. The van der Waals surface area contributed by atoms with Gasteiger partial charge in [0.2, 0.25) is 5.91 Å². The van der Waals surface area contributed by atoms with Gasteiger partial charge in [0.25, 0.3) is 0 Å². The van der Waals surface area contributed by atoms with Gasteiger partial charge in [0.1, 0.15) is 0 Å². The standard InChI is InChI=1S/C13H21N3O/c1-11(2)15-7-3-4-13(17)16-10-12-5-8-14-9-6-12/h5-6,8-9,11,15H,3-4,7,10H2,1-2H3,(H,16,17). The van der Waals surface area contributed by atoms with Crippen LogP contribution in [0.15, 0.2) is 24.5 Å². The molecule has 0 atom stereocenters. The van der Waals surface area contributed by atoms with Crippen LogP contribution in [0.4, 0.5) is 0 Å². The zero-order valence-corrected chi connectivity index (χ0v) is 10.6. The van der Waals surface area contributed by atoms with Gasteiger partial charge in [-0.2, -0.15) is 0 Å². The molecule has 0 aliphatic heterocycles. The lowest BCUT2D eigenvalue weighted by Crippen LogP contribution is -2.27. The summed E-state index contributed by atoms with van der Waals surface area (Å²) < 4.78 is 0. The Bertz CT molecular complexity index is 325. The Hall–Kier alpha value is -1.42. The lowest BCUT2D eigenvalue weighted by Gasteiger charge is -2.08. The molecule has 1 heterocycles. The van der Waals surface area contributed by atoms with Gasteiger partial charge in [0, 0.05) is 31.4 Å². The Morgan fingerprint density at radius 1 is 1.35 bits per heavy atom. The number of aromatic nitrogens is 1. The molecule has 0 bridgehead atoms. The third kappa shape index (κ3) is 6.68. The summed E-state index contributed by atoms with van der Waals surface area (Å²) in [7, 11) is 0. The summed E-state index contributed by atoms with van der Waals surface area (Å²) in [4.78, 5) is 15.4. The molecule has 2 N–H and O–H groups in total. The van der Waals surface area contributed by atoms with E-state index in [1.807, 2.05) is 12.1 Å². The fourth-order valence-corrected chi connectivity index (χ4v) is 1.43. The van der Waals surface area contributed by atoms with Crippen LogP contribution in [-0.2, 0) is 11.3 Å². The lowest BCUT2D eigenvalue weighted by molar-refractivity contribution is -0.121. The molecular formula is C13H21N3O. The lowest BCUT2D eigenvalue weighted by atomic mass is 10.2. The van der Waals surface area contributed by atoms with Gasteiger partial charge in [0.15, 0.2) is 0 Å². The van der Waals surface area contributed by atoms with Crippen LogP contribution in [0.2, 0.25) is 0 Å². The topological polar surface area (TPSA) is 54.0 Å². The maximum atomic E-state index is 11.5. The molecule has 0 spiro atoms. The molecule has 0 saturated carbocycles. The van der Waals surface area contributed by atoms with Gasteiger partial charge in [-0.25, -0.2) is 0 Å². The Morgan fingerprint density at radius 2 is 2.06 bits per heavy atom. The molecule has 0 radical (unpaired) electrons. The largest absolute Gasteiger partial charge is 0.352 e. The molecule has 4 heteroatoms. The average molecular weight is 235 g/mol. The van der Waals surface area contributed by atoms with Gasteiger partial charge in [-0.1, -0.05) is 13.8 Å². The van der Waals surface area contributed by atoms with Crippen molar-refractivity contribution in [3.8, 4) is 0 Å². The third-order valence-electron chi connectivity index (χ3n) is 2.37. The van der Waals surface area contributed by atoms with Crippen molar-refractivity contribution in [1.82, 2.24) is 15.6 Å². The summed E-state index contributed by atoms with van der Waals surface area (Å²) in [6.07, 6.45) is 4.91. The molecule has 4 nitrogen and oxygen atoms in total. The van der Waals surface area contributed by atoms with Crippen LogP contribution in [-0.4, -0.2) is 23.5 Å². The monoisotopic (exact) mass is 235 g/mol. The molecule has 94 valence electrons. The molecule has 0 fully saturated rings. The molecule has 1 aromatic rings. The molecule has 0 aromatic carbocycles. The molecule has 17 heavy (non-hydrogen) atoms. The summed E-state index contributed by atoms with van der Waals surface area (Å²) in [6.45, 7) is 5.67. The van der Waals surface area contributed by atoms with Crippen molar-refractivity contribution in [2.45, 2.75) is 39.3 Å². The van der Waals surface area contributed by atoms with Crippen molar-refractivity contribution >= 4 is 5.91 Å². The van der Waals surface area contributed by atoms with Crippen molar-refractivity contribution in [3.63, 3.8) is 0 Å². The second-order valence-electron chi connectivity index (χ2n) is 4.34. The summed E-state index contributed by atoms with van der Waals surface area (Å²) in [6, 6.07) is 4.29. The molecule has 0 saturated heterocycles. The van der Waals surface area contributed by atoms with Crippen LogP contribution in [0, 0.1) is 0 Å². The van der Waals surface area contributed by atoms with Crippen molar-refractivity contribution in [3.05, 3.63) is 30.1 Å². The Morgan fingerprint density at radius 3 is 2.71 bits per heavy atom. The molecule has 1 rings (SSSR count). The van der Waals surface area contributed by atoms with Crippen molar-refractivity contribution in [2.24, 2.45) is 0 Å². The number of nitrogens with zero attached hydrogens (tertiary/aromatic N) is 1. The Labute approximate surface area is 103 Å². The third-order valence-corrected chi connectivity index (χ3v) is 2.37. The summed E-state index contributed by atoms with van der Waals surface area (Å²) in [5.74, 6) is 0.104. The van der Waals surface area contributed by atoms with Gasteiger partial charge in [-0.3, -0.25) is 9.78 Å². The van der Waals surface area contributed by atoms with E-state index < -0.39 is 0 Å². The molecule has 1 amide bonds. The number of hydrogen-bond donors (Lipinski definition) is 2. The zero-order chi connectivity index (χ0) is 12.5. The minimum atomic E-state index is 0.104. The first-order chi connectivity index (χ1) is 8.18. The molecular weight excluding hydrogens is 214 g/mol. The number of amides is 1. The van der Waals surface area contributed by atoms with E-state index in [4.69, 9.17) is 0 Å². The van der Waals surface area contributed by atoms with Crippen LogP contribution in [0.1, 0.15) is 32.3 Å². The van der Waals surface area contributed by atoms with Crippen LogP contribution < -0.4 is 10.6 Å². The minimum absolute atomic E-state index is 0.104. The number of carbonyl (C=O) groups excluding carboxylic acids is 1. The molecule has 0 aliphatic carbocycles. The van der Waals surface area contributed by atoms with Gasteiger partial charge in [0.05, 0.1) is 0 Å². The van der Waals surface area contributed by atoms with E-state index in [-0.39, 0.29) is 5.91 Å². The normalized spacial score (nSPS) is 10.5. The second kappa shape index (κ2) is 7.79. The van der Waals surface area contributed by atoms with E-state index in [1.54, 1.807) is 12.4 Å². The maximum absolute atomic E-state index is 11.5. The van der Waals surface area contributed by atoms with E-state index in [0.717, 1.165) is 18.5 Å². The fourth-order valence-electron chi connectivity index (χ4n) is 1.43. The van der Waals surface area contributed by atoms with Crippen LogP contribution in [0.5, 0.6) is 0 Å². The second-order valence-corrected chi connectivity index (χ2v) is 4.34.